The molecular formula is C18H17NO. The maximum absolute atomic E-state index is 9.47. The highest BCUT2D eigenvalue weighted by Crippen LogP contribution is 2.56. The molecule has 2 atom stereocenters. The van der Waals surface area contributed by atoms with Crippen molar-refractivity contribution in [3.63, 3.8) is 0 Å². The fourth-order valence-corrected chi connectivity index (χ4v) is 3.65. The van der Waals surface area contributed by atoms with Crippen molar-refractivity contribution in [3.05, 3.63) is 71.8 Å². The van der Waals surface area contributed by atoms with Gasteiger partial charge in [0, 0.05) is 17.7 Å². The third-order valence-electron chi connectivity index (χ3n) is 4.60. The SMILES string of the molecule is OCCC12C=C(c3ccccc3)C1Nc1ccccc12. The lowest BCUT2D eigenvalue weighted by atomic mass is 9.61. The minimum absolute atomic E-state index is 0.0312. The minimum atomic E-state index is -0.0312. The number of hydrogen-bond acceptors (Lipinski definition) is 2. The predicted octanol–water partition coefficient (Wildman–Crippen LogP) is 3.20. The van der Waals surface area contributed by atoms with E-state index in [2.05, 4.69) is 59.9 Å². The maximum Gasteiger partial charge on any atom is 0.0650 e. The van der Waals surface area contributed by atoms with Gasteiger partial charge in [-0.25, -0.2) is 0 Å². The molecule has 2 aliphatic rings. The van der Waals surface area contributed by atoms with Crippen LogP contribution in [-0.2, 0) is 5.41 Å². The molecule has 2 heteroatoms. The Morgan fingerprint density at radius 1 is 1.00 bits per heavy atom. The standard InChI is InChI=1S/C18H17NO/c20-11-10-18-12-14(13-6-2-1-3-7-13)17(18)19-16-9-5-4-8-15(16)18/h1-9,12,17,19-20H,10-11H2. The van der Waals surface area contributed by atoms with E-state index in [-0.39, 0.29) is 18.1 Å². The summed E-state index contributed by atoms with van der Waals surface area (Å²) in [5.41, 5.74) is 5.10. The van der Waals surface area contributed by atoms with Crippen LogP contribution >= 0.6 is 0 Å². The zero-order valence-electron chi connectivity index (χ0n) is 11.2. The van der Waals surface area contributed by atoms with Crippen molar-refractivity contribution in [1.82, 2.24) is 0 Å². The number of anilines is 1. The summed E-state index contributed by atoms with van der Waals surface area (Å²) in [4.78, 5) is 0. The Morgan fingerprint density at radius 3 is 2.55 bits per heavy atom. The fraction of sp³-hybridized carbons (Fsp3) is 0.222. The van der Waals surface area contributed by atoms with Gasteiger partial charge in [-0.15, -0.1) is 0 Å². The summed E-state index contributed by atoms with van der Waals surface area (Å²) in [5.74, 6) is 0. The molecule has 0 saturated carbocycles. The van der Waals surface area contributed by atoms with Gasteiger partial charge in [-0.2, -0.15) is 0 Å². The lowest BCUT2D eigenvalue weighted by molar-refractivity contribution is 0.250. The predicted molar refractivity (Wildman–Crippen MR) is 81.7 cm³/mol. The first kappa shape index (κ1) is 11.7. The van der Waals surface area contributed by atoms with Crippen LogP contribution in [0, 0.1) is 0 Å². The average Bonchev–Trinajstić information content (AvgIpc) is 2.72. The van der Waals surface area contributed by atoms with Crippen molar-refractivity contribution in [1.29, 1.82) is 0 Å². The molecule has 1 aliphatic heterocycles. The Balaban J connectivity index is 1.80. The first-order chi connectivity index (χ1) is 9.85. The van der Waals surface area contributed by atoms with Crippen molar-refractivity contribution < 1.29 is 5.11 Å². The van der Waals surface area contributed by atoms with E-state index in [9.17, 15) is 5.11 Å². The van der Waals surface area contributed by atoms with E-state index in [0.29, 0.717) is 0 Å². The van der Waals surface area contributed by atoms with Gasteiger partial charge in [-0.05, 0) is 29.2 Å². The largest absolute Gasteiger partial charge is 0.396 e. The molecule has 4 rings (SSSR count). The van der Waals surface area contributed by atoms with Gasteiger partial charge in [0.25, 0.3) is 0 Å². The van der Waals surface area contributed by atoms with Gasteiger partial charge in [0.05, 0.1) is 6.04 Å². The number of aliphatic hydroxyl groups is 1. The van der Waals surface area contributed by atoms with Crippen LogP contribution in [0.5, 0.6) is 0 Å². The molecule has 0 fully saturated rings. The van der Waals surface area contributed by atoms with Crippen LogP contribution in [0.2, 0.25) is 0 Å². The Labute approximate surface area is 118 Å². The Kier molecular flexibility index (Phi) is 2.48. The Morgan fingerprint density at radius 2 is 1.75 bits per heavy atom. The molecule has 2 N–H and O–H groups in total. The molecule has 0 saturated heterocycles. The monoisotopic (exact) mass is 263 g/mol. The molecule has 100 valence electrons. The van der Waals surface area contributed by atoms with Crippen molar-refractivity contribution >= 4 is 11.3 Å². The highest BCUT2D eigenvalue weighted by atomic mass is 16.3. The number of rotatable bonds is 3. The second-order valence-corrected chi connectivity index (χ2v) is 5.60. The summed E-state index contributed by atoms with van der Waals surface area (Å²) < 4.78 is 0. The molecule has 2 nitrogen and oxygen atoms in total. The fourth-order valence-electron chi connectivity index (χ4n) is 3.65. The summed E-state index contributed by atoms with van der Waals surface area (Å²) in [5, 5.41) is 13.1. The van der Waals surface area contributed by atoms with Gasteiger partial charge in [-0.1, -0.05) is 54.6 Å². The summed E-state index contributed by atoms with van der Waals surface area (Å²) >= 11 is 0. The van der Waals surface area contributed by atoms with Gasteiger partial charge >= 0.3 is 0 Å². The second-order valence-electron chi connectivity index (χ2n) is 5.60. The molecular weight excluding hydrogens is 246 g/mol. The molecule has 20 heavy (non-hydrogen) atoms. The van der Waals surface area contributed by atoms with E-state index in [1.54, 1.807) is 0 Å². The first-order valence-corrected chi connectivity index (χ1v) is 7.10. The lowest BCUT2D eigenvalue weighted by Gasteiger charge is -2.43. The summed E-state index contributed by atoms with van der Waals surface area (Å²) in [7, 11) is 0. The molecule has 2 aromatic carbocycles. The third kappa shape index (κ3) is 1.43. The number of benzene rings is 2. The van der Waals surface area contributed by atoms with E-state index in [4.69, 9.17) is 0 Å². The van der Waals surface area contributed by atoms with Crippen molar-refractivity contribution in [2.24, 2.45) is 0 Å². The van der Waals surface area contributed by atoms with Gasteiger partial charge in [0.1, 0.15) is 0 Å². The Bertz CT molecular complexity index is 677. The molecule has 0 amide bonds. The number of hydrogen-bond donors (Lipinski definition) is 2. The van der Waals surface area contributed by atoms with Gasteiger partial charge in [0.2, 0.25) is 0 Å². The van der Waals surface area contributed by atoms with E-state index in [0.717, 1.165) is 6.42 Å². The first-order valence-electron chi connectivity index (χ1n) is 7.10. The van der Waals surface area contributed by atoms with Crippen molar-refractivity contribution in [3.8, 4) is 0 Å². The molecule has 0 spiro atoms. The molecule has 0 aromatic heterocycles. The van der Waals surface area contributed by atoms with Crippen LogP contribution in [-0.4, -0.2) is 17.8 Å². The van der Waals surface area contributed by atoms with Gasteiger partial charge < -0.3 is 10.4 Å². The van der Waals surface area contributed by atoms with Gasteiger partial charge in [0.15, 0.2) is 0 Å². The summed E-state index contributed by atoms with van der Waals surface area (Å²) in [6.07, 6.45) is 3.11. The van der Waals surface area contributed by atoms with Gasteiger partial charge in [-0.3, -0.25) is 0 Å². The average molecular weight is 263 g/mol. The van der Waals surface area contributed by atoms with Crippen LogP contribution in [0.3, 0.4) is 0 Å². The quantitative estimate of drug-likeness (QED) is 0.891. The number of aliphatic hydroxyl groups excluding tert-OH is 1. The molecule has 0 bridgehead atoms. The van der Waals surface area contributed by atoms with E-state index in [1.165, 1.54) is 22.4 Å². The molecule has 0 radical (unpaired) electrons. The minimum Gasteiger partial charge on any atom is -0.396 e. The smallest absolute Gasteiger partial charge is 0.0650 e. The second kappa shape index (κ2) is 4.22. The van der Waals surface area contributed by atoms with E-state index < -0.39 is 0 Å². The number of fused-ring (bicyclic) bond motifs is 3. The highest BCUT2D eigenvalue weighted by Gasteiger charge is 2.53. The zero-order chi connectivity index (χ0) is 13.6. The lowest BCUT2D eigenvalue weighted by Crippen LogP contribution is -2.46. The molecule has 2 unspecified atom stereocenters. The highest BCUT2D eigenvalue weighted by molar-refractivity contribution is 5.88. The molecule has 2 aromatic rings. The summed E-state index contributed by atoms with van der Waals surface area (Å²) in [6.45, 7) is 0.213. The topological polar surface area (TPSA) is 32.3 Å². The van der Waals surface area contributed by atoms with Crippen LogP contribution in [0.25, 0.3) is 5.57 Å². The molecule has 1 heterocycles. The zero-order valence-corrected chi connectivity index (χ0v) is 11.2. The number of para-hydroxylation sites is 1. The normalized spacial score (nSPS) is 26.1. The maximum atomic E-state index is 9.47. The Hall–Kier alpha value is -2.06. The van der Waals surface area contributed by atoms with Crippen molar-refractivity contribution in [2.45, 2.75) is 17.9 Å². The molecule has 1 aliphatic carbocycles. The van der Waals surface area contributed by atoms with Crippen LogP contribution in [0.1, 0.15) is 17.5 Å². The van der Waals surface area contributed by atoms with Crippen LogP contribution in [0.4, 0.5) is 5.69 Å². The van der Waals surface area contributed by atoms with Crippen LogP contribution < -0.4 is 5.32 Å². The van der Waals surface area contributed by atoms with E-state index in [1.807, 2.05) is 6.07 Å². The summed E-state index contributed by atoms with van der Waals surface area (Å²) in [6, 6.07) is 19.2. The van der Waals surface area contributed by atoms with E-state index >= 15 is 0 Å². The number of nitrogens with one attached hydrogen (secondary N) is 1. The van der Waals surface area contributed by atoms with Crippen LogP contribution in [0.15, 0.2) is 60.7 Å². The van der Waals surface area contributed by atoms with Crippen molar-refractivity contribution in [2.75, 3.05) is 11.9 Å². The third-order valence-corrected chi connectivity index (χ3v) is 4.60.